The summed E-state index contributed by atoms with van der Waals surface area (Å²) in [5.74, 6) is 0.942. The summed E-state index contributed by atoms with van der Waals surface area (Å²) in [6.07, 6.45) is 2.99. The van der Waals surface area contributed by atoms with Crippen LogP contribution in [0.5, 0.6) is 0 Å². The molecule has 1 aliphatic heterocycles. The minimum atomic E-state index is 0.0871. The third-order valence-electron chi connectivity index (χ3n) is 2.84. The van der Waals surface area contributed by atoms with Crippen LogP contribution < -0.4 is 5.32 Å². The summed E-state index contributed by atoms with van der Waals surface area (Å²) in [5.41, 5.74) is 3.14. The molecule has 0 fully saturated rings. The highest BCUT2D eigenvalue weighted by atomic mass is 16.3. The molecule has 0 saturated carbocycles. The Bertz CT molecular complexity index is 529. The molecule has 0 aliphatic carbocycles. The Morgan fingerprint density at radius 2 is 2.06 bits per heavy atom. The normalized spacial score (nSPS) is 14.4. The molecule has 1 aliphatic rings. The topological polar surface area (TPSA) is 42.2 Å². The maximum Gasteiger partial charge on any atom is 0.224 e. The van der Waals surface area contributed by atoms with E-state index in [9.17, 15) is 4.79 Å². The molecule has 0 radical (unpaired) electrons. The number of furan rings is 1. The van der Waals surface area contributed by atoms with Gasteiger partial charge in [0.05, 0.1) is 6.26 Å². The van der Waals surface area contributed by atoms with Crippen LogP contribution in [-0.4, -0.2) is 5.91 Å². The number of anilines is 1. The quantitative estimate of drug-likeness (QED) is 0.791. The largest absolute Gasteiger partial charge is 0.464 e. The van der Waals surface area contributed by atoms with E-state index in [1.807, 2.05) is 30.3 Å². The number of carbonyl (C=O) groups excluding carboxylic acids is 1. The summed E-state index contributed by atoms with van der Waals surface area (Å²) < 4.78 is 5.40. The van der Waals surface area contributed by atoms with Crippen molar-refractivity contribution in [1.29, 1.82) is 0 Å². The minimum Gasteiger partial charge on any atom is -0.464 e. The van der Waals surface area contributed by atoms with Gasteiger partial charge in [0.2, 0.25) is 5.91 Å². The van der Waals surface area contributed by atoms with E-state index in [1.54, 1.807) is 6.26 Å². The zero-order chi connectivity index (χ0) is 11.0. The predicted octanol–water partition coefficient (Wildman–Crippen LogP) is 2.83. The Morgan fingerprint density at radius 3 is 2.88 bits per heavy atom. The zero-order valence-corrected chi connectivity index (χ0v) is 8.69. The Balaban J connectivity index is 2.14. The lowest BCUT2D eigenvalue weighted by atomic mass is 9.96. The van der Waals surface area contributed by atoms with E-state index in [1.165, 1.54) is 0 Å². The standard InChI is InChI=1S/C13H11NO2/c15-13-7-6-9-10(12-5-2-8-16-12)3-1-4-11(9)14-13/h1-5,8H,6-7H2,(H,14,15). The highest BCUT2D eigenvalue weighted by Gasteiger charge is 2.18. The first-order valence-corrected chi connectivity index (χ1v) is 5.30. The number of hydrogen-bond donors (Lipinski definition) is 1. The van der Waals surface area contributed by atoms with Crippen LogP contribution in [0.1, 0.15) is 12.0 Å². The van der Waals surface area contributed by atoms with Crippen molar-refractivity contribution in [3.8, 4) is 11.3 Å². The molecule has 0 unspecified atom stereocenters. The first-order valence-electron chi connectivity index (χ1n) is 5.30. The molecule has 3 heteroatoms. The van der Waals surface area contributed by atoms with Crippen molar-refractivity contribution in [2.75, 3.05) is 5.32 Å². The van der Waals surface area contributed by atoms with Crippen molar-refractivity contribution < 1.29 is 9.21 Å². The average Bonchev–Trinajstić information content (AvgIpc) is 2.81. The predicted molar refractivity (Wildman–Crippen MR) is 61.1 cm³/mol. The Hall–Kier alpha value is -2.03. The molecule has 0 saturated heterocycles. The molecule has 3 nitrogen and oxygen atoms in total. The molecular weight excluding hydrogens is 202 g/mol. The molecule has 1 N–H and O–H groups in total. The van der Waals surface area contributed by atoms with Gasteiger partial charge in [-0.3, -0.25) is 4.79 Å². The lowest BCUT2D eigenvalue weighted by Gasteiger charge is -2.18. The molecular formula is C13H11NO2. The van der Waals surface area contributed by atoms with Crippen LogP contribution in [0.4, 0.5) is 5.69 Å². The number of nitrogens with one attached hydrogen (secondary N) is 1. The Labute approximate surface area is 93.1 Å². The lowest BCUT2D eigenvalue weighted by Crippen LogP contribution is -2.19. The fraction of sp³-hybridized carbons (Fsp3) is 0.154. The van der Waals surface area contributed by atoms with Crippen molar-refractivity contribution >= 4 is 11.6 Å². The highest BCUT2D eigenvalue weighted by molar-refractivity contribution is 5.95. The number of carbonyl (C=O) groups is 1. The molecule has 1 aromatic carbocycles. The smallest absolute Gasteiger partial charge is 0.224 e. The van der Waals surface area contributed by atoms with Crippen LogP contribution in [0, 0.1) is 0 Å². The van der Waals surface area contributed by atoms with Crippen LogP contribution in [0.3, 0.4) is 0 Å². The van der Waals surface area contributed by atoms with E-state index in [0.717, 1.165) is 29.0 Å². The van der Waals surface area contributed by atoms with Crippen LogP contribution in [0.15, 0.2) is 41.0 Å². The van der Waals surface area contributed by atoms with E-state index in [0.29, 0.717) is 6.42 Å². The van der Waals surface area contributed by atoms with E-state index in [-0.39, 0.29) is 5.91 Å². The average molecular weight is 213 g/mol. The van der Waals surface area contributed by atoms with E-state index in [4.69, 9.17) is 4.42 Å². The van der Waals surface area contributed by atoms with Crippen molar-refractivity contribution in [2.45, 2.75) is 12.8 Å². The van der Waals surface area contributed by atoms with Gasteiger partial charge in [0.25, 0.3) is 0 Å². The maximum absolute atomic E-state index is 11.3. The fourth-order valence-corrected chi connectivity index (χ4v) is 2.09. The van der Waals surface area contributed by atoms with Crippen molar-refractivity contribution in [3.63, 3.8) is 0 Å². The summed E-state index contributed by atoms with van der Waals surface area (Å²) in [6.45, 7) is 0. The van der Waals surface area contributed by atoms with E-state index >= 15 is 0 Å². The van der Waals surface area contributed by atoms with Crippen molar-refractivity contribution in [1.82, 2.24) is 0 Å². The first-order chi connectivity index (χ1) is 7.84. The molecule has 80 valence electrons. The van der Waals surface area contributed by atoms with Gasteiger partial charge in [-0.25, -0.2) is 0 Å². The molecule has 1 amide bonds. The monoisotopic (exact) mass is 213 g/mol. The molecule has 0 atom stereocenters. The first kappa shape index (κ1) is 9.21. The van der Waals surface area contributed by atoms with Crippen LogP contribution in [-0.2, 0) is 11.2 Å². The second kappa shape index (κ2) is 3.52. The Kier molecular flexibility index (Phi) is 2.03. The van der Waals surface area contributed by atoms with Crippen molar-refractivity contribution in [2.24, 2.45) is 0 Å². The summed E-state index contributed by atoms with van der Waals surface area (Å²) in [4.78, 5) is 11.3. The molecule has 0 spiro atoms. The fourth-order valence-electron chi connectivity index (χ4n) is 2.09. The molecule has 3 rings (SSSR count). The SMILES string of the molecule is O=C1CCc2c(cccc2-c2ccco2)N1. The molecule has 2 aromatic rings. The van der Waals surface area contributed by atoms with Gasteiger partial charge in [0.15, 0.2) is 0 Å². The highest BCUT2D eigenvalue weighted by Crippen LogP contribution is 2.32. The van der Waals surface area contributed by atoms with Gasteiger partial charge < -0.3 is 9.73 Å². The second-order valence-corrected chi connectivity index (χ2v) is 3.86. The van der Waals surface area contributed by atoms with Gasteiger partial charge in [-0.05, 0) is 30.2 Å². The van der Waals surface area contributed by atoms with Crippen LogP contribution >= 0.6 is 0 Å². The van der Waals surface area contributed by atoms with Crippen molar-refractivity contribution in [3.05, 3.63) is 42.2 Å². The van der Waals surface area contributed by atoms with E-state index < -0.39 is 0 Å². The maximum atomic E-state index is 11.3. The second-order valence-electron chi connectivity index (χ2n) is 3.86. The number of amides is 1. The van der Waals surface area contributed by atoms with Gasteiger partial charge >= 0.3 is 0 Å². The number of hydrogen-bond acceptors (Lipinski definition) is 2. The van der Waals surface area contributed by atoms with Gasteiger partial charge in [0, 0.05) is 17.7 Å². The van der Waals surface area contributed by atoms with Gasteiger partial charge in [-0.1, -0.05) is 12.1 Å². The lowest BCUT2D eigenvalue weighted by molar-refractivity contribution is -0.116. The summed E-state index contributed by atoms with van der Waals surface area (Å²) in [7, 11) is 0. The van der Waals surface area contributed by atoms with Gasteiger partial charge in [0.1, 0.15) is 5.76 Å². The van der Waals surface area contributed by atoms with Crippen LogP contribution in [0.25, 0.3) is 11.3 Å². The number of rotatable bonds is 1. The van der Waals surface area contributed by atoms with E-state index in [2.05, 4.69) is 5.32 Å². The Morgan fingerprint density at radius 1 is 1.12 bits per heavy atom. The third kappa shape index (κ3) is 1.41. The zero-order valence-electron chi connectivity index (χ0n) is 8.69. The third-order valence-corrected chi connectivity index (χ3v) is 2.84. The molecule has 1 aromatic heterocycles. The van der Waals surface area contributed by atoms with Gasteiger partial charge in [-0.2, -0.15) is 0 Å². The summed E-state index contributed by atoms with van der Waals surface area (Å²) in [5, 5.41) is 2.88. The number of benzene rings is 1. The van der Waals surface area contributed by atoms with Gasteiger partial charge in [-0.15, -0.1) is 0 Å². The van der Waals surface area contributed by atoms with Crippen LogP contribution in [0.2, 0.25) is 0 Å². The molecule has 16 heavy (non-hydrogen) atoms. The summed E-state index contributed by atoms with van der Waals surface area (Å²) in [6, 6.07) is 9.69. The molecule has 0 bridgehead atoms. The summed E-state index contributed by atoms with van der Waals surface area (Å²) >= 11 is 0. The minimum absolute atomic E-state index is 0.0871. The number of fused-ring (bicyclic) bond motifs is 1. The molecule has 2 heterocycles.